The zero-order valence-corrected chi connectivity index (χ0v) is 14.7. The lowest BCUT2D eigenvalue weighted by molar-refractivity contribution is -0.00868. The lowest BCUT2D eigenvalue weighted by atomic mass is 9.85. The van der Waals surface area contributed by atoms with Crippen molar-refractivity contribution in [2.75, 3.05) is 66.6 Å². The van der Waals surface area contributed by atoms with Crippen LogP contribution in [0.5, 0.6) is 0 Å². The third kappa shape index (κ3) is 9.48. The van der Waals surface area contributed by atoms with Gasteiger partial charge < -0.3 is 35.2 Å². The third-order valence-electron chi connectivity index (χ3n) is 3.68. The van der Waals surface area contributed by atoms with Gasteiger partial charge in [0.2, 0.25) is 0 Å². The van der Waals surface area contributed by atoms with Crippen LogP contribution in [0.3, 0.4) is 0 Å². The second-order valence-corrected chi connectivity index (χ2v) is 5.57. The van der Waals surface area contributed by atoms with Crippen molar-refractivity contribution in [1.82, 2.24) is 0 Å². The third-order valence-corrected chi connectivity index (χ3v) is 3.68. The van der Waals surface area contributed by atoms with Crippen molar-refractivity contribution in [2.24, 2.45) is 11.5 Å². The molecule has 0 aliphatic heterocycles. The number of nitrogens with two attached hydrogens (primary N) is 2. The summed E-state index contributed by atoms with van der Waals surface area (Å²) in [5, 5.41) is 0. The van der Waals surface area contributed by atoms with Crippen molar-refractivity contribution in [3.05, 3.63) is 24.3 Å². The van der Waals surface area contributed by atoms with E-state index < -0.39 is 5.54 Å². The summed E-state index contributed by atoms with van der Waals surface area (Å²) in [6, 6.07) is -0.169. The van der Waals surface area contributed by atoms with Gasteiger partial charge in [0.25, 0.3) is 0 Å². The maximum Gasteiger partial charge on any atom is 0.0701 e. The highest BCUT2D eigenvalue weighted by Gasteiger charge is 2.28. The Bertz CT molecular complexity index is 365. The molecule has 0 aromatic heterocycles. The van der Waals surface area contributed by atoms with Crippen LogP contribution in [-0.4, -0.2) is 78.2 Å². The van der Waals surface area contributed by atoms with Crippen molar-refractivity contribution in [2.45, 2.75) is 18.0 Å². The second-order valence-electron chi connectivity index (χ2n) is 5.57. The van der Waals surface area contributed by atoms with Gasteiger partial charge in [0, 0.05) is 19.8 Å². The summed E-state index contributed by atoms with van der Waals surface area (Å²) in [4.78, 5) is 0. The van der Waals surface area contributed by atoms with Crippen LogP contribution >= 0.6 is 0 Å². The van der Waals surface area contributed by atoms with E-state index in [1.807, 2.05) is 24.3 Å². The highest BCUT2D eigenvalue weighted by molar-refractivity contribution is 5.25. The van der Waals surface area contributed by atoms with E-state index in [2.05, 4.69) is 0 Å². The average molecular weight is 344 g/mol. The first-order valence-corrected chi connectivity index (χ1v) is 8.39. The molecule has 0 saturated heterocycles. The lowest BCUT2D eigenvalue weighted by Gasteiger charge is -2.32. The smallest absolute Gasteiger partial charge is 0.0701 e. The molecule has 1 rings (SSSR count). The van der Waals surface area contributed by atoms with E-state index in [0.29, 0.717) is 65.9 Å². The van der Waals surface area contributed by atoms with Gasteiger partial charge >= 0.3 is 0 Å². The molecule has 0 amide bonds. The SMILES string of the molecule is COCCOCCOCCOCCOCCC1(N)C=CC=CC1N. The maximum absolute atomic E-state index is 6.24. The van der Waals surface area contributed by atoms with E-state index >= 15 is 0 Å². The molecule has 140 valence electrons. The number of hydrogen-bond acceptors (Lipinski definition) is 7. The first-order valence-electron chi connectivity index (χ1n) is 8.39. The Kier molecular flexibility index (Phi) is 11.9. The molecule has 7 nitrogen and oxygen atoms in total. The van der Waals surface area contributed by atoms with Crippen LogP contribution in [0.15, 0.2) is 24.3 Å². The van der Waals surface area contributed by atoms with E-state index in [9.17, 15) is 0 Å². The minimum atomic E-state index is -0.519. The minimum absolute atomic E-state index is 0.169. The molecule has 0 radical (unpaired) electrons. The Morgan fingerprint density at radius 1 is 0.792 bits per heavy atom. The zero-order chi connectivity index (χ0) is 17.5. The molecule has 7 heteroatoms. The molecule has 0 heterocycles. The van der Waals surface area contributed by atoms with Gasteiger partial charge in [-0.1, -0.05) is 24.3 Å². The Balaban J connectivity index is 1.83. The molecule has 4 N–H and O–H groups in total. The number of ether oxygens (including phenoxy) is 5. The van der Waals surface area contributed by atoms with Gasteiger partial charge in [-0.3, -0.25) is 0 Å². The van der Waals surface area contributed by atoms with Crippen molar-refractivity contribution in [1.29, 1.82) is 0 Å². The average Bonchev–Trinajstić information content (AvgIpc) is 2.58. The van der Waals surface area contributed by atoms with E-state index in [1.165, 1.54) is 0 Å². The van der Waals surface area contributed by atoms with E-state index in [0.717, 1.165) is 0 Å². The van der Waals surface area contributed by atoms with Gasteiger partial charge in [0.05, 0.1) is 58.4 Å². The van der Waals surface area contributed by atoms with Crippen molar-refractivity contribution < 1.29 is 23.7 Å². The largest absolute Gasteiger partial charge is 0.382 e. The summed E-state index contributed by atoms with van der Waals surface area (Å²) in [6.07, 6.45) is 8.37. The molecule has 0 fully saturated rings. The molecular weight excluding hydrogens is 312 g/mol. The van der Waals surface area contributed by atoms with Crippen LogP contribution in [0.1, 0.15) is 6.42 Å². The fraction of sp³-hybridized carbons (Fsp3) is 0.765. The summed E-state index contributed by atoms with van der Waals surface area (Å²) < 4.78 is 26.5. The van der Waals surface area contributed by atoms with Gasteiger partial charge in [-0.25, -0.2) is 0 Å². The molecule has 2 atom stereocenters. The van der Waals surface area contributed by atoms with Crippen molar-refractivity contribution in [3.8, 4) is 0 Å². The summed E-state index contributed by atoms with van der Waals surface area (Å²) in [5.74, 6) is 0. The summed E-state index contributed by atoms with van der Waals surface area (Å²) in [5.41, 5.74) is 11.7. The van der Waals surface area contributed by atoms with Gasteiger partial charge in [0.1, 0.15) is 0 Å². The normalized spacial score (nSPS) is 23.0. The van der Waals surface area contributed by atoms with Crippen LogP contribution in [0.2, 0.25) is 0 Å². The van der Waals surface area contributed by atoms with E-state index in [4.69, 9.17) is 35.2 Å². The van der Waals surface area contributed by atoms with Crippen molar-refractivity contribution >= 4 is 0 Å². The summed E-state index contributed by atoms with van der Waals surface area (Å²) in [7, 11) is 1.65. The van der Waals surface area contributed by atoms with Crippen LogP contribution in [0, 0.1) is 0 Å². The van der Waals surface area contributed by atoms with Crippen LogP contribution in [-0.2, 0) is 23.7 Å². The molecule has 0 bridgehead atoms. The highest BCUT2D eigenvalue weighted by atomic mass is 16.6. The molecule has 2 unspecified atom stereocenters. The molecular formula is C17H32N2O5. The topological polar surface area (TPSA) is 98.2 Å². The molecule has 1 aliphatic rings. The molecule has 24 heavy (non-hydrogen) atoms. The number of methoxy groups -OCH3 is 1. The summed E-state index contributed by atoms with van der Waals surface area (Å²) >= 11 is 0. The fourth-order valence-corrected chi connectivity index (χ4v) is 2.11. The van der Waals surface area contributed by atoms with E-state index in [-0.39, 0.29) is 6.04 Å². The van der Waals surface area contributed by atoms with Gasteiger partial charge in [-0.2, -0.15) is 0 Å². The molecule has 0 saturated carbocycles. The Labute approximate surface area is 144 Å². The molecule has 0 aromatic carbocycles. The fourth-order valence-electron chi connectivity index (χ4n) is 2.11. The van der Waals surface area contributed by atoms with Crippen molar-refractivity contribution in [3.63, 3.8) is 0 Å². The monoisotopic (exact) mass is 344 g/mol. The Hall–Kier alpha value is -0.800. The predicted octanol–water partition coefficient (Wildman–Crippen LogP) is 0.240. The Morgan fingerprint density at radius 3 is 1.79 bits per heavy atom. The molecule has 1 aliphatic carbocycles. The quantitative estimate of drug-likeness (QED) is 0.411. The van der Waals surface area contributed by atoms with E-state index in [1.54, 1.807) is 7.11 Å². The first kappa shape index (κ1) is 21.2. The zero-order valence-electron chi connectivity index (χ0n) is 14.7. The van der Waals surface area contributed by atoms with Crippen LogP contribution in [0.25, 0.3) is 0 Å². The summed E-state index contributed by atoms with van der Waals surface area (Å²) in [6.45, 7) is 5.04. The molecule has 0 spiro atoms. The number of allylic oxidation sites excluding steroid dienone is 2. The van der Waals surface area contributed by atoms with Gasteiger partial charge in [-0.15, -0.1) is 0 Å². The standard InChI is InChI=1S/C17H32N2O5/c1-20-8-9-22-12-13-24-15-14-23-11-10-21-7-6-17(19)5-3-2-4-16(17)18/h2-5,16H,6-15,18-19H2,1H3. The van der Waals surface area contributed by atoms with Gasteiger partial charge in [0.15, 0.2) is 0 Å². The second kappa shape index (κ2) is 13.5. The predicted molar refractivity (Wildman–Crippen MR) is 92.9 cm³/mol. The highest BCUT2D eigenvalue weighted by Crippen LogP contribution is 2.17. The lowest BCUT2D eigenvalue weighted by Crippen LogP contribution is -2.54. The maximum atomic E-state index is 6.24. The molecule has 0 aromatic rings. The van der Waals surface area contributed by atoms with Gasteiger partial charge in [-0.05, 0) is 6.42 Å². The minimum Gasteiger partial charge on any atom is -0.382 e. The number of hydrogen-bond donors (Lipinski definition) is 2. The van der Waals surface area contributed by atoms with Crippen LogP contribution < -0.4 is 11.5 Å². The first-order chi connectivity index (χ1) is 11.7. The van der Waals surface area contributed by atoms with Crippen LogP contribution in [0.4, 0.5) is 0 Å². The Morgan fingerprint density at radius 2 is 1.29 bits per heavy atom. The number of rotatable bonds is 15.